The van der Waals surface area contributed by atoms with Gasteiger partial charge in [0.1, 0.15) is 0 Å². The van der Waals surface area contributed by atoms with Gasteiger partial charge in [-0.2, -0.15) is 11.3 Å². The van der Waals surface area contributed by atoms with E-state index in [-0.39, 0.29) is 0 Å². The van der Waals surface area contributed by atoms with Crippen molar-refractivity contribution in [1.29, 1.82) is 0 Å². The fraction of sp³-hybridized carbons (Fsp3) is 0.438. The Bertz CT molecular complexity index is 494. The van der Waals surface area contributed by atoms with E-state index in [0.717, 1.165) is 32.8 Å². The zero-order chi connectivity index (χ0) is 13.6. The highest BCUT2D eigenvalue weighted by atomic mass is 32.1. The number of nitrogens with zero attached hydrogens (tertiary/aromatic N) is 2. The van der Waals surface area contributed by atoms with Crippen LogP contribution in [0.2, 0.25) is 0 Å². The number of hydrogen-bond donors (Lipinski definition) is 0. The second-order valence-electron chi connectivity index (χ2n) is 5.39. The lowest BCUT2D eigenvalue weighted by Crippen LogP contribution is -2.29. The van der Waals surface area contributed by atoms with Crippen molar-refractivity contribution in [2.45, 2.75) is 19.5 Å². The molecule has 106 valence electrons. The Morgan fingerprint density at radius 1 is 1.30 bits per heavy atom. The van der Waals surface area contributed by atoms with E-state index in [9.17, 15) is 0 Å². The number of thiophene rings is 1. The normalized spacial score (nSPS) is 18.8. The van der Waals surface area contributed by atoms with Gasteiger partial charge < -0.3 is 4.74 Å². The van der Waals surface area contributed by atoms with Crippen LogP contribution in [0.4, 0.5) is 0 Å². The van der Waals surface area contributed by atoms with Crippen LogP contribution in [0, 0.1) is 5.92 Å². The highest BCUT2D eigenvalue weighted by Crippen LogP contribution is 2.18. The van der Waals surface area contributed by atoms with Crippen molar-refractivity contribution < 1.29 is 4.74 Å². The first-order chi connectivity index (χ1) is 9.90. The molecule has 0 radical (unpaired) electrons. The Morgan fingerprint density at radius 3 is 2.95 bits per heavy atom. The summed E-state index contributed by atoms with van der Waals surface area (Å²) >= 11 is 1.77. The number of aromatic nitrogens is 1. The SMILES string of the molecule is c1cncc(CN(Cc2ccsc2)C[C@@H]2CCOC2)c1. The quantitative estimate of drug-likeness (QED) is 0.816. The predicted octanol–water partition coefficient (Wildman–Crippen LogP) is 3.18. The molecule has 0 amide bonds. The minimum atomic E-state index is 0.672. The van der Waals surface area contributed by atoms with Gasteiger partial charge in [-0.25, -0.2) is 0 Å². The maximum atomic E-state index is 5.51. The van der Waals surface area contributed by atoms with E-state index in [2.05, 4.69) is 32.8 Å². The summed E-state index contributed by atoms with van der Waals surface area (Å²) in [6.45, 7) is 4.90. The van der Waals surface area contributed by atoms with Crippen LogP contribution in [0.1, 0.15) is 17.5 Å². The molecule has 0 aliphatic carbocycles. The number of ether oxygens (including phenoxy) is 1. The molecule has 3 heterocycles. The smallest absolute Gasteiger partial charge is 0.0507 e. The first kappa shape index (κ1) is 13.7. The average molecular weight is 288 g/mol. The van der Waals surface area contributed by atoms with Gasteiger partial charge in [0.25, 0.3) is 0 Å². The maximum absolute atomic E-state index is 5.51. The van der Waals surface area contributed by atoms with Crippen LogP contribution in [0.15, 0.2) is 41.4 Å². The largest absolute Gasteiger partial charge is 0.381 e. The van der Waals surface area contributed by atoms with Gasteiger partial charge in [-0.3, -0.25) is 9.88 Å². The molecule has 0 aromatic carbocycles. The van der Waals surface area contributed by atoms with Crippen molar-refractivity contribution in [1.82, 2.24) is 9.88 Å². The molecule has 0 spiro atoms. The summed E-state index contributed by atoms with van der Waals surface area (Å²) in [4.78, 5) is 6.73. The Labute approximate surface area is 124 Å². The molecule has 1 atom stereocenters. The van der Waals surface area contributed by atoms with Crippen LogP contribution in [-0.2, 0) is 17.8 Å². The van der Waals surface area contributed by atoms with Crippen LogP contribution in [-0.4, -0.2) is 29.6 Å². The summed E-state index contributed by atoms with van der Waals surface area (Å²) in [5.41, 5.74) is 2.68. The highest BCUT2D eigenvalue weighted by molar-refractivity contribution is 7.07. The van der Waals surface area contributed by atoms with Crippen LogP contribution < -0.4 is 0 Å². The predicted molar refractivity (Wildman–Crippen MR) is 81.6 cm³/mol. The molecule has 0 unspecified atom stereocenters. The van der Waals surface area contributed by atoms with Gasteiger partial charge in [0.2, 0.25) is 0 Å². The van der Waals surface area contributed by atoms with E-state index in [1.165, 1.54) is 17.5 Å². The fourth-order valence-corrected chi connectivity index (χ4v) is 3.33. The van der Waals surface area contributed by atoms with Crippen molar-refractivity contribution in [3.8, 4) is 0 Å². The van der Waals surface area contributed by atoms with E-state index in [1.54, 1.807) is 11.3 Å². The van der Waals surface area contributed by atoms with Gasteiger partial charge in [-0.05, 0) is 46.4 Å². The Morgan fingerprint density at radius 2 is 2.25 bits per heavy atom. The molecule has 2 aromatic rings. The Hall–Kier alpha value is -1.23. The lowest BCUT2D eigenvalue weighted by atomic mass is 10.1. The highest BCUT2D eigenvalue weighted by Gasteiger charge is 2.19. The third kappa shape index (κ3) is 3.88. The van der Waals surface area contributed by atoms with Gasteiger partial charge in [0.05, 0.1) is 6.61 Å². The van der Waals surface area contributed by atoms with E-state index in [1.807, 2.05) is 18.5 Å². The number of pyridine rings is 1. The van der Waals surface area contributed by atoms with Crippen molar-refractivity contribution in [3.05, 3.63) is 52.5 Å². The molecule has 3 nitrogen and oxygen atoms in total. The van der Waals surface area contributed by atoms with Gasteiger partial charge in [0, 0.05) is 38.6 Å². The lowest BCUT2D eigenvalue weighted by molar-refractivity contribution is 0.161. The molecule has 20 heavy (non-hydrogen) atoms. The van der Waals surface area contributed by atoms with Crippen LogP contribution in [0.5, 0.6) is 0 Å². The molecule has 1 saturated heterocycles. The van der Waals surface area contributed by atoms with Gasteiger partial charge in [0.15, 0.2) is 0 Å². The summed E-state index contributed by atoms with van der Waals surface area (Å²) in [5, 5.41) is 4.39. The van der Waals surface area contributed by atoms with Gasteiger partial charge in [-0.1, -0.05) is 6.07 Å². The maximum Gasteiger partial charge on any atom is 0.0507 e. The molecule has 1 aliphatic heterocycles. The van der Waals surface area contributed by atoms with Gasteiger partial charge >= 0.3 is 0 Å². The molecular formula is C16H20N2OS. The molecule has 1 fully saturated rings. The minimum absolute atomic E-state index is 0.672. The molecule has 1 aliphatic rings. The van der Waals surface area contributed by atoms with Gasteiger partial charge in [-0.15, -0.1) is 0 Å². The van der Waals surface area contributed by atoms with Crippen molar-refractivity contribution >= 4 is 11.3 Å². The van der Waals surface area contributed by atoms with Crippen molar-refractivity contribution in [2.24, 2.45) is 5.92 Å². The Balaban J connectivity index is 1.65. The summed E-state index contributed by atoms with van der Waals surface area (Å²) in [6.07, 6.45) is 4.98. The molecule has 2 aromatic heterocycles. The summed E-state index contributed by atoms with van der Waals surface area (Å²) in [5.74, 6) is 0.672. The second-order valence-corrected chi connectivity index (χ2v) is 6.17. The third-order valence-electron chi connectivity index (χ3n) is 3.66. The first-order valence-corrected chi connectivity index (χ1v) is 8.04. The first-order valence-electron chi connectivity index (χ1n) is 7.10. The zero-order valence-electron chi connectivity index (χ0n) is 11.6. The average Bonchev–Trinajstić information content (AvgIpc) is 3.13. The second kappa shape index (κ2) is 6.97. The van der Waals surface area contributed by atoms with E-state index in [4.69, 9.17) is 4.74 Å². The van der Waals surface area contributed by atoms with Crippen LogP contribution in [0.3, 0.4) is 0 Å². The molecule has 0 bridgehead atoms. The topological polar surface area (TPSA) is 25.4 Å². The third-order valence-corrected chi connectivity index (χ3v) is 4.39. The molecular weight excluding hydrogens is 268 g/mol. The van der Waals surface area contributed by atoms with Crippen LogP contribution in [0.25, 0.3) is 0 Å². The summed E-state index contributed by atoms with van der Waals surface area (Å²) in [6, 6.07) is 6.38. The van der Waals surface area contributed by atoms with E-state index >= 15 is 0 Å². The summed E-state index contributed by atoms with van der Waals surface area (Å²) < 4.78 is 5.51. The fourth-order valence-electron chi connectivity index (χ4n) is 2.67. The molecule has 4 heteroatoms. The number of hydrogen-bond acceptors (Lipinski definition) is 4. The summed E-state index contributed by atoms with van der Waals surface area (Å²) in [7, 11) is 0. The zero-order valence-corrected chi connectivity index (χ0v) is 12.4. The molecule has 0 N–H and O–H groups in total. The monoisotopic (exact) mass is 288 g/mol. The van der Waals surface area contributed by atoms with Crippen molar-refractivity contribution in [3.63, 3.8) is 0 Å². The minimum Gasteiger partial charge on any atom is -0.381 e. The lowest BCUT2D eigenvalue weighted by Gasteiger charge is -2.24. The van der Waals surface area contributed by atoms with E-state index < -0.39 is 0 Å². The standard InChI is InChI=1S/C16H20N2OS/c1-2-14(8-17-5-1)9-18(10-15-3-6-19-12-15)11-16-4-7-20-13-16/h1-2,4-5,7-8,13,15H,3,6,9-12H2/t15-/m0/s1. The molecule has 3 rings (SSSR count). The van der Waals surface area contributed by atoms with Crippen molar-refractivity contribution in [2.75, 3.05) is 19.8 Å². The number of rotatable bonds is 6. The van der Waals surface area contributed by atoms with E-state index in [0.29, 0.717) is 5.92 Å². The molecule has 0 saturated carbocycles. The Kier molecular flexibility index (Phi) is 4.79. The van der Waals surface area contributed by atoms with Crippen LogP contribution >= 0.6 is 11.3 Å².